The number of thiophene rings is 1. The highest BCUT2D eigenvalue weighted by molar-refractivity contribution is 9.10. The van der Waals surface area contributed by atoms with E-state index in [1.54, 1.807) is 18.2 Å². The second-order valence-electron chi connectivity index (χ2n) is 3.76. The quantitative estimate of drug-likeness (QED) is 0.767. The van der Waals surface area contributed by atoms with Crippen LogP contribution in [0, 0.1) is 5.82 Å². The molecule has 0 amide bonds. The van der Waals surface area contributed by atoms with Gasteiger partial charge in [-0.1, -0.05) is 5.16 Å². The minimum absolute atomic E-state index is 0.338. The summed E-state index contributed by atoms with van der Waals surface area (Å²) in [5.41, 5.74) is 7.05. The van der Waals surface area contributed by atoms with Crippen LogP contribution in [0.1, 0.15) is 0 Å². The van der Waals surface area contributed by atoms with Crippen LogP contribution >= 0.6 is 27.3 Å². The van der Waals surface area contributed by atoms with Gasteiger partial charge in [-0.2, -0.15) is 4.98 Å². The summed E-state index contributed by atoms with van der Waals surface area (Å²) in [4.78, 5) is 5.00. The molecule has 96 valence electrons. The lowest BCUT2D eigenvalue weighted by molar-refractivity contribution is 0.433. The van der Waals surface area contributed by atoms with Gasteiger partial charge >= 0.3 is 0 Å². The molecule has 0 unspecified atom stereocenters. The second kappa shape index (κ2) is 4.75. The number of hydrogen-bond acceptors (Lipinski definition) is 5. The van der Waals surface area contributed by atoms with E-state index in [9.17, 15) is 4.39 Å². The minimum Gasteiger partial charge on any atom is -0.397 e. The summed E-state index contributed by atoms with van der Waals surface area (Å²) in [6.07, 6.45) is 0. The van der Waals surface area contributed by atoms with Crippen molar-refractivity contribution in [1.29, 1.82) is 0 Å². The largest absolute Gasteiger partial charge is 0.397 e. The summed E-state index contributed by atoms with van der Waals surface area (Å²) >= 11 is 4.55. The topological polar surface area (TPSA) is 64.9 Å². The van der Waals surface area contributed by atoms with Crippen molar-refractivity contribution >= 4 is 33.0 Å². The molecule has 0 saturated heterocycles. The van der Waals surface area contributed by atoms with Crippen LogP contribution < -0.4 is 5.73 Å². The Balaban J connectivity index is 2.01. The molecule has 19 heavy (non-hydrogen) atoms. The Labute approximate surface area is 120 Å². The molecular weight excluding hydrogens is 333 g/mol. The summed E-state index contributed by atoms with van der Waals surface area (Å²) < 4.78 is 18.7. The average Bonchev–Trinajstić information content (AvgIpc) is 3.01. The zero-order valence-corrected chi connectivity index (χ0v) is 11.8. The molecule has 7 heteroatoms. The Morgan fingerprint density at radius 2 is 2.16 bits per heavy atom. The molecule has 0 radical (unpaired) electrons. The molecule has 0 bridgehead atoms. The number of nitrogen functional groups attached to an aromatic ring is 1. The third-order valence-corrected chi connectivity index (χ3v) is 4.02. The Bertz CT molecular complexity index is 740. The number of benzene rings is 1. The Morgan fingerprint density at radius 1 is 1.32 bits per heavy atom. The van der Waals surface area contributed by atoms with Gasteiger partial charge in [0.05, 0.1) is 10.2 Å². The normalized spacial score (nSPS) is 10.8. The maximum Gasteiger partial charge on any atom is 0.270 e. The summed E-state index contributed by atoms with van der Waals surface area (Å²) in [7, 11) is 0. The molecule has 0 aliphatic rings. The number of halogens is 2. The number of nitrogens with zero attached hydrogens (tertiary/aromatic N) is 2. The van der Waals surface area contributed by atoms with E-state index in [4.69, 9.17) is 10.3 Å². The lowest BCUT2D eigenvalue weighted by Crippen LogP contribution is -1.85. The Hall–Kier alpha value is -1.73. The van der Waals surface area contributed by atoms with E-state index in [0.717, 1.165) is 4.88 Å². The third kappa shape index (κ3) is 2.26. The van der Waals surface area contributed by atoms with Gasteiger partial charge in [-0.05, 0) is 45.6 Å². The van der Waals surface area contributed by atoms with Crippen molar-refractivity contribution in [2.75, 3.05) is 5.73 Å². The Kier molecular flexibility index (Phi) is 3.08. The van der Waals surface area contributed by atoms with Gasteiger partial charge in [-0.15, -0.1) is 11.3 Å². The summed E-state index contributed by atoms with van der Waals surface area (Å²) in [6.45, 7) is 0. The second-order valence-corrected chi connectivity index (χ2v) is 5.53. The van der Waals surface area contributed by atoms with Crippen LogP contribution in [0.2, 0.25) is 0 Å². The molecule has 0 fully saturated rings. The van der Waals surface area contributed by atoms with Crippen LogP contribution in [-0.4, -0.2) is 10.1 Å². The van der Waals surface area contributed by atoms with E-state index in [2.05, 4.69) is 26.1 Å². The predicted molar refractivity (Wildman–Crippen MR) is 75.1 cm³/mol. The lowest BCUT2D eigenvalue weighted by Gasteiger charge is -1.96. The van der Waals surface area contributed by atoms with Crippen molar-refractivity contribution in [2.24, 2.45) is 0 Å². The van der Waals surface area contributed by atoms with Gasteiger partial charge < -0.3 is 10.3 Å². The summed E-state index contributed by atoms with van der Waals surface area (Å²) in [5.74, 6) is 0.418. The molecule has 2 aromatic heterocycles. The fourth-order valence-corrected chi connectivity index (χ4v) is 2.68. The van der Waals surface area contributed by atoms with Gasteiger partial charge in [0, 0.05) is 5.56 Å². The molecule has 3 rings (SSSR count). The van der Waals surface area contributed by atoms with Gasteiger partial charge in [-0.3, -0.25) is 0 Å². The summed E-state index contributed by atoms with van der Waals surface area (Å²) in [5, 5.41) is 5.73. The first kappa shape index (κ1) is 12.3. The van der Waals surface area contributed by atoms with Gasteiger partial charge in [0.25, 0.3) is 5.89 Å². The van der Waals surface area contributed by atoms with E-state index < -0.39 is 0 Å². The van der Waals surface area contributed by atoms with Crippen LogP contribution in [0.15, 0.2) is 38.6 Å². The monoisotopic (exact) mass is 339 g/mol. The first-order valence-corrected chi connectivity index (χ1v) is 6.95. The zero-order chi connectivity index (χ0) is 13.4. The summed E-state index contributed by atoms with van der Waals surface area (Å²) in [6, 6.07) is 6.31. The first-order chi connectivity index (χ1) is 9.15. The van der Waals surface area contributed by atoms with Crippen molar-refractivity contribution in [3.8, 4) is 22.2 Å². The first-order valence-electron chi connectivity index (χ1n) is 5.27. The molecule has 1 aromatic carbocycles. The molecule has 2 N–H and O–H groups in total. The molecule has 0 aliphatic carbocycles. The van der Waals surface area contributed by atoms with Gasteiger partial charge in [0.15, 0.2) is 0 Å². The van der Waals surface area contributed by atoms with E-state index in [1.807, 2.05) is 5.38 Å². The fraction of sp³-hybridized carbons (Fsp3) is 0. The van der Waals surface area contributed by atoms with E-state index in [1.165, 1.54) is 17.4 Å². The van der Waals surface area contributed by atoms with E-state index in [0.29, 0.717) is 27.4 Å². The smallest absolute Gasteiger partial charge is 0.270 e. The third-order valence-electron chi connectivity index (χ3n) is 2.49. The molecular formula is C12H7BrFN3OS. The van der Waals surface area contributed by atoms with Crippen molar-refractivity contribution in [2.45, 2.75) is 0 Å². The molecule has 3 aromatic rings. The maximum absolute atomic E-state index is 13.2. The molecule has 0 aliphatic heterocycles. The SMILES string of the molecule is Nc1ccsc1-c1nc(-c2ccc(F)c(Br)c2)no1. The van der Waals surface area contributed by atoms with Crippen LogP contribution in [0.4, 0.5) is 10.1 Å². The van der Waals surface area contributed by atoms with E-state index >= 15 is 0 Å². The van der Waals surface area contributed by atoms with Gasteiger partial charge in [0.1, 0.15) is 10.7 Å². The van der Waals surface area contributed by atoms with Crippen LogP contribution in [0.5, 0.6) is 0 Å². The van der Waals surface area contributed by atoms with Crippen LogP contribution in [-0.2, 0) is 0 Å². The minimum atomic E-state index is -0.338. The average molecular weight is 340 g/mol. The molecule has 0 atom stereocenters. The van der Waals surface area contributed by atoms with Gasteiger partial charge in [-0.25, -0.2) is 4.39 Å². The predicted octanol–water partition coefficient (Wildman–Crippen LogP) is 3.95. The lowest BCUT2D eigenvalue weighted by atomic mass is 10.2. The Morgan fingerprint density at radius 3 is 2.84 bits per heavy atom. The number of aromatic nitrogens is 2. The van der Waals surface area contributed by atoms with Crippen molar-refractivity contribution in [3.63, 3.8) is 0 Å². The van der Waals surface area contributed by atoms with Crippen molar-refractivity contribution in [1.82, 2.24) is 10.1 Å². The standard InChI is InChI=1S/C12H7BrFN3OS/c13-7-5-6(1-2-8(7)14)11-16-12(18-17-11)10-9(15)3-4-19-10/h1-5H,15H2. The van der Waals surface area contributed by atoms with E-state index in [-0.39, 0.29) is 5.82 Å². The zero-order valence-electron chi connectivity index (χ0n) is 9.43. The maximum atomic E-state index is 13.2. The number of anilines is 1. The number of rotatable bonds is 2. The highest BCUT2D eigenvalue weighted by Gasteiger charge is 2.14. The highest BCUT2D eigenvalue weighted by Crippen LogP contribution is 2.32. The highest BCUT2D eigenvalue weighted by atomic mass is 79.9. The molecule has 0 spiro atoms. The van der Waals surface area contributed by atoms with Crippen LogP contribution in [0.3, 0.4) is 0 Å². The number of hydrogen-bond donors (Lipinski definition) is 1. The van der Waals surface area contributed by atoms with Crippen molar-refractivity contribution in [3.05, 3.63) is 39.9 Å². The van der Waals surface area contributed by atoms with Crippen molar-refractivity contribution < 1.29 is 8.91 Å². The molecule has 0 saturated carbocycles. The molecule has 4 nitrogen and oxygen atoms in total. The number of nitrogens with two attached hydrogens (primary N) is 1. The fourth-order valence-electron chi connectivity index (χ4n) is 1.56. The van der Waals surface area contributed by atoms with Gasteiger partial charge in [0.2, 0.25) is 5.82 Å². The molecule has 2 heterocycles. The van der Waals surface area contributed by atoms with Crippen LogP contribution in [0.25, 0.3) is 22.2 Å².